The molecule has 1 amide bonds. The summed E-state index contributed by atoms with van der Waals surface area (Å²) in [6, 6.07) is 17.6. The van der Waals surface area contributed by atoms with E-state index < -0.39 is 15.4 Å². The molecule has 0 radical (unpaired) electrons. The van der Waals surface area contributed by atoms with E-state index in [-0.39, 0.29) is 28.7 Å². The fraction of sp³-hybridized carbons (Fsp3) is 0.333. The molecule has 0 spiro atoms. The van der Waals surface area contributed by atoms with Crippen LogP contribution in [0.5, 0.6) is 5.88 Å². The van der Waals surface area contributed by atoms with Crippen LogP contribution in [0.2, 0.25) is 0 Å². The molecule has 2 aromatic carbocycles. The highest BCUT2D eigenvalue weighted by Crippen LogP contribution is 2.46. The van der Waals surface area contributed by atoms with Crippen LogP contribution in [-0.2, 0) is 27.3 Å². The lowest BCUT2D eigenvalue weighted by atomic mass is 9.63. The van der Waals surface area contributed by atoms with Gasteiger partial charge in [0.2, 0.25) is 17.7 Å². The molecular formula is C30H32N6O4S. The molecule has 1 saturated heterocycles. The minimum absolute atomic E-state index is 0.0000281. The van der Waals surface area contributed by atoms with Crippen LogP contribution in [0, 0.1) is 13.8 Å². The van der Waals surface area contributed by atoms with Crippen LogP contribution in [-0.4, -0.2) is 58.2 Å². The fourth-order valence-corrected chi connectivity index (χ4v) is 6.59. The molecule has 4 aromatic rings. The minimum atomic E-state index is -3.97. The number of aryl methyl sites for hydroxylation is 3. The van der Waals surface area contributed by atoms with Gasteiger partial charge in [0.25, 0.3) is 10.0 Å². The molecule has 1 aliphatic heterocycles. The number of sulfonamides is 1. The monoisotopic (exact) mass is 572 g/mol. The molecular weight excluding hydrogens is 540 g/mol. The van der Waals surface area contributed by atoms with Crippen molar-refractivity contribution < 1.29 is 17.9 Å². The average Bonchev–Trinajstić information content (AvgIpc) is 3.33. The summed E-state index contributed by atoms with van der Waals surface area (Å²) < 4.78 is 36.2. The van der Waals surface area contributed by atoms with E-state index in [1.165, 1.54) is 17.1 Å². The largest absolute Gasteiger partial charge is 0.470 e. The van der Waals surface area contributed by atoms with E-state index in [0.717, 1.165) is 41.5 Å². The molecule has 6 rings (SSSR count). The zero-order chi connectivity index (χ0) is 28.8. The van der Waals surface area contributed by atoms with Crippen LogP contribution < -0.4 is 9.46 Å². The molecule has 11 heteroatoms. The molecule has 0 atom stereocenters. The smallest absolute Gasteiger partial charge is 0.267 e. The quantitative estimate of drug-likeness (QED) is 0.339. The lowest BCUT2D eigenvalue weighted by Gasteiger charge is -2.48. The van der Waals surface area contributed by atoms with Gasteiger partial charge in [-0.25, -0.2) is 18.1 Å². The molecule has 1 aliphatic carbocycles. The maximum absolute atomic E-state index is 13.6. The number of hydrogen-bond acceptors (Lipinski definition) is 7. The Hall–Kier alpha value is -4.25. The van der Waals surface area contributed by atoms with Crippen LogP contribution >= 0.6 is 0 Å². The molecule has 2 fully saturated rings. The summed E-state index contributed by atoms with van der Waals surface area (Å²) in [5, 5.41) is 3.96. The zero-order valence-corrected chi connectivity index (χ0v) is 24.1. The van der Waals surface area contributed by atoms with E-state index in [1.807, 2.05) is 67.3 Å². The van der Waals surface area contributed by atoms with Gasteiger partial charge >= 0.3 is 0 Å². The molecule has 1 saturated carbocycles. The number of hydrogen-bond donors (Lipinski definition) is 1. The van der Waals surface area contributed by atoms with Gasteiger partial charge in [0.1, 0.15) is 11.0 Å². The van der Waals surface area contributed by atoms with Gasteiger partial charge < -0.3 is 9.64 Å². The fourth-order valence-electron chi connectivity index (χ4n) is 5.66. The standard InChI is InChI=1S/C30H32N6O4S/c1-20-9-7-10-21(2)27(20)25-15-26(33-29(32-25)34-41(38,39)24-16-31-35(3)19-24)40-23-17-36(18-23)28(37)30(13-8-14-30)22-11-5-4-6-12-22/h4-7,9-12,15-16,19,23H,8,13-14,17-18H2,1-3H3,(H,32,33,34). The minimum Gasteiger partial charge on any atom is -0.470 e. The van der Waals surface area contributed by atoms with Gasteiger partial charge in [-0.2, -0.15) is 10.1 Å². The molecule has 3 heterocycles. The van der Waals surface area contributed by atoms with Crippen molar-refractivity contribution in [3.63, 3.8) is 0 Å². The number of amides is 1. The Labute approximate surface area is 239 Å². The van der Waals surface area contributed by atoms with E-state index in [1.54, 1.807) is 13.1 Å². The third kappa shape index (κ3) is 5.06. The Balaban J connectivity index is 1.24. The number of rotatable bonds is 8. The molecule has 2 aliphatic rings. The second-order valence-electron chi connectivity index (χ2n) is 10.9. The Morgan fingerprint density at radius 3 is 2.34 bits per heavy atom. The molecule has 0 bridgehead atoms. The SMILES string of the molecule is Cc1cccc(C)c1-c1cc(OC2CN(C(=O)C3(c4ccccc4)CCC3)C2)nc(NS(=O)(=O)c2cnn(C)c2)n1. The van der Waals surface area contributed by atoms with Crippen molar-refractivity contribution >= 4 is 21.9 Å². The van der Waals surface area contributed by atoms with E-state index in [0.29, 0.717) is 18.8 Å². The summed E-state index contributed by atoms with van der Waals surface area (Å²) in [6.45, 7) is 4.82. The molecule has 212 valence electrons. The second-order valence-corrected chi connectivity index (χ2v) is 12.6. The summed E-state index contributed by atoms with van der Waals surface area (Å²) in [7, 11) is -2.33. The van der Waals surface area contributed by atoms with Gasteiger partial charge in [-0.05, 0) is 43.4 Å². The van der Waals surface area contributed by atoms with Crippen molar-refractivity contribution in [3.05, 3.63) is 83.7 Å². The molecule has 1 N–H and O–H groups in total. The van der Waals surface area contributed by atoms with Crippen molar-refractivity contribution in [1.29, 1.82) is 0 Å². The summed E-state index contributed by atoms with van der Waals surface area (Å²) in [6.07, 6.45) is 5.13. The molecule has 41 heavy (non-hydrogen) atoms. The Morgan fingerprint density at radius 1 is 1.02 bits per heavy atom. The van der Waals surface area contributed by atoms with E-state index >= 15 is 0 Å². The summed E-state index contributed by atoms with van der Waals surface area (Å²) in [5.41, 5.74) is 4.01. The van der Waals surface area contributed by atoms with Crippen molar-refractivity contribution in [2.45, 2.75) is 49.5 Å². The highest BCUT2D eigenvalue weighted by Gasteiger charge is 2.50. The number of carbonyl (C=O) groups is 1. The predicted molar refractivity (Wildman–Crippen MR) is 154 cm³/mol. The first-order chi connectivity index (χ1) is 19.6. The maximum atomic E-state index is 13.6. The van der Waals surface area contributed by atoms with Crippen LogP contribution in [0.15, 0.2) is 71.9 Å². The second kappa shape index (κ2) is 10.3. The molecule has 2 aromatic heterocycles. The van der Waals surface area contributed by atoms with E-state index in [9.17, 15) is 13.2 Å². The lowest BCUT2D eigenvalue weighted by molar-refractivity contribution is -0.150. The van der Waals surface area contributed by atoms with Crippen molar-refractivity contribution in [1.82, 2.24) is 24.6 Å². The van der Waals surface area contributed by atoms with Crippen LogP contribution in [0.25, 0.3) is 11.3 Å². The highest BCUT2D eigenvalue weighted by molar-refractivity contribution is 7.92. The topological polar surface area (TPSA) is 119 Å². The first-order valence-corrected chi connectivity index (χ1v) is 15.1. The Bertz CT molecular complexity index is 1690. The van der Waals surface area contributed by atoms with Crippen LogP contribution in [0.4, 0.5) is 5.95 Å². The number of nitrogens with one attached hydrogen (secondary N) is 1. The van der Waals surface area contributed by atoms with Crippen LogP contribution in [0.3, 0.4) is 0 Å². The summed E-state index contributed by atoms with van der Waals surface area (Å²) >= 11 is 0. The van der Waals surface area contributed by atoms with E-state index in [2.05, 4.69) is 19.8 Å². The predicted octanol–water partition coefficient (Wildman–Crippen LogP) is 4.01. The van der Waals surface area contributed by atoms with Gasteiger partial charge in [0, 0.05) is 24.9 Å². The van der Waals surface area contributed by atoms with Gasteiger partial charge in [-0.15, -0.1) is 0 Å². The van der Waals surface area contributed by atoms with Crippen molar-refractivity contribution in [2.24, 2.45) is 7.05 Å². The number of likely N-dealkylation sites (tertiary alicyclic amines) is 1. The Morgan fingerprint density at radius 2 is 1.73 bits per heavy atom. The zero-order valence-electron chi connectivity index (χ0n) is 23.2. The number of nitrogens with zero attached hydrogens (tertiary/aromatic N) is 5. The average molecular weight is 573 g/mol. The van der Waals surface area contributed by atoms with Gasteiger partial charge in [0.05, 0.1) is 30.4 Å². The normalized spacial score (nSPS) is 16.5. The van der Waals surface area contributed by atoms with Gasteiger partial charge in [-0.1, -0.05) is 55.0 Å². The van der Waals surface area contributed by atoms with Crippen LogP contribution in [0.1, 0.15) is 36.0 Å². The maximum Gasteiger partial charge on any atom is 0.267 e. The number of aromatic nitrogens is 4. The Kier molecular flexibility index (Phi) is 6.77. The highest BCUT2D eigenvalue weighted by atomic mass is 32.2. The number of carbonyl (C=O) groups excluding carboxylic acids is 1. The van der Waals surface area contributed by atoms with Crippen molar-refractivity contribution in [2.75, 3.05) is 17.8 Å². The number of ether oxygens (including phenoxy) is 1. The summed E-state index contributed by atoms with van der Waals surface area (Å²) in [4.78, 5) is 24.3. The number of benzene rings is 2. The van der Waals surface area contributed by atoms with Gasteiger partial charge in [-0.3, -0.25) is 9.48 Å². The number of anilines is 1. The van der Waals surface area contributed by atoms with Gasteiger partial charge in [0.15, 0.2) is 0 Å². The molecule has 0 unspecified atom stereocenters. The lowest BCUT2D eigenvalue weighted by Crippen LogP contribution is -2.62. The first kappa shape index (κ1) is 26.9. The summed E-state index contributed by atoms with van der Waals surface area (Å²) in [5.74, 6) is 0.271. The van der Waals surface area contributed by atoms with E-state index in [4.69, 9.17) is 4.74 Å². The first-order valence-electron chi connectivity index (χ1n) is 13.6. The third-order valence-corrected chi connectivity index (χ3v) is 9.31. The molecule has 10 nitrogen and oxygen atoms in total. The third-order valence-electron chi connectivity index (χ3n) is 8.02. The van der Waals surface area contributed by atoms with Crippen molar-refractivity contribution in [3.8, 4) is 17.1 Å².